The molecule has 0 N–H and O–H groups in total. The summed E-state index contributed by atoms with van der Waals surface area (Å²) in [6.07, 6.45) is 6.17. The largest absolute Gasteiger partial charge is 0.354 e. The summed E-state index contributed by atoms with van der Waals surface area (Å²) < 4.78 is 1.02. The molecule has 2 heterocycles. The van der Waals surface area contributed by atoms with E-state index in [9.17, 15) is 4.79 Å². The van der Waals surface area contributed by atoms with Crippen molar-refractivity contribution in [2.45, 2.75) is 31.7 Å². The van der Waals surface area contributed by atoms with Gasteiger partial charge in [0.15, 0.2) is 0 Å². The summed E-state index contributed by atoms with van der Waals surface area (Å²) in [6, 6.07) is 4.26. The summed E-state index contributed by atoms with van der Waals surface area (Å²) in [5.41, 5.74) is 0. The highest BCUT2D eigenvalue weighted by molar-refractivity contribution is 9.10. The molecule has 20 heavy (non-hydrogen) atoms. The molecule has 1 aromatic rings. The fourth-order valence-electron chi connectivity index (χ4n) is 2.87. The summed E-state index contributed by atoms with van der Waals surface area (Å²) in [6.45, 7) is 1.89. The summed E-state index contributed by atoms with van der Waals surface area (Å²) in [5.74, 6) is 1.62. The monoisotopic (exact) mass is 337 g/mol. The maximum absolute atomic E-state index is 12.2. The Morgan fingerprint density at radius 3 is 2.95 bits per heavy atom. The lowest BCUT2D eigenvalue weighted by atomic mass is 10.0. The van der Waals surface area contributed by atoms with Gasteiger partial charge in [0, 0.05) is 38.3 Å². The molecular formula is C15H20BrN3O. The number of piperidine rings is 1. The number of anilines is 1. The maximum atomic E-state index is 12.2. The minimum atomic E-state index is 0.303. The van der Waals surface area contributed by atoms with Crippen molar-refractivity contribution in [1.82, 2.24) is 9.88 Å². The van der Waals surface area contributed by atoms with Crippen LogP contribution in [0, 0.1) is 5.92 Å². The molecule has 4 nitrogen and oxygen atoms in total. The average Bonchev–Trinajstić information content (AvgIpc) is 3.31. The Morgan fingerprint density at radius 2 is 2.25 bits per heavy atom. The maximum Gasteiger partial charge on any atom is 0.225 e. The van der Waals surface area contributed by atoms with Crippen LogP contribution in [0.5, 0.6) is 0 Å². The Kier molecular flexibility index (Phi) is 3.96. The molecular weight excluding hydrogens is 318 g/mol. The normalized spacial score (nSPS) is 22.7. The van der Waals surface area contributed by atoms with Gasteiger partial charge >= 0.3 is 0 Å². The van der Waals surface area contributed by atoms with Crippen LogP contribution < -0.4 is 4.90 Å². The number of carbonyl (C=O) groups excluding carboxylic acids is 1. The van der Waals surface area contributed by atoms with Crippen LogP contribution in [-0.4, -0.2) is 42.0 Å². The van der Waals surface area contributed by atoms with Crippen molar-refractivity contribution in [3.63, 3.8) is 0 Å². The lowest BCUT2D eigenvalue weighted by molar-refractivity contribution is -0.133. The van der Waals surface area contributed by atoms with Gasteiger partial charge in [0.1, 0.15) is 5.82 Å². The zero-order valence-electron chi connectivity index (χ0n) is 11.8. The number of hydrogen-bond donors (Lipinski definition) is 0. The summed E-state index contributed by atoms with van der Waals surface area (Å²) >= 11 is 3.57. The van der Waals surface area contributed by atoms with E-state index in [0.29, 0.717) is 17.9 Å². The summed E-state index contributed by atoms with van der Waals surface area (Å²) in [5, 5.41) is 0. The molecule has 1 unspecified atom stereocenters. The fraction of sp³-hybridized carbons (Fsp3) is 0.600. The molecule has 1 aliphatic carbocycles. The molecule has 0 radical (unpaired) electrons. The molecule has 2 aliphatic rings. The van der Waals surface area contributed by atoms with Crippen LogP contribution in [0.25, 0.3) is 0 Å². The SMILES string of the molecule is CN(C(=O)C1CC1)C1CCCN(c2ncccc2Br)C1. The molecule has 3 rings (SSSR count). The second kappa shape index (κ2) is 5.72. The van der Waals surface area contributed by atoms with Crippen molar-refractivity contribution >= 4 is 27.7 Å². The van der Waals surface area contributed by atoms with Crippen LogP contribution in [-0.2, 0) is 4.79 Å². The van der Waals surface area contributed by atoms with E-state index < -0.39 is 0 Å². The van der Waals surface area contributed by atoms with E-state index in [4.69, 9.17) is 0 Å². The van der Waals surface area contributed by atoms with Crippen molar-refractivity contribution in [3.05, 3.63) is 22.8 Å². The predicted octanol–water partition coefficient (Wildman–Crippen LogP) is 2.68. The van der Waals surface area contributed by atoms with Crippen molar-refractivity contribution in [1.29, 1.82) is 0 Å². The van der Waals surface area contributed by atoms with E-state index >= 15 is 0 Å². The van der Waals surface area contributed by atoms with E-state index in [0.717, 1.165) is 49.1 Å². The number of likely N-dealkylation sites (N-methyl/N-ethyl adjacent to an activating group) is 1. The van der Waals surface area contributed by atoms with Crippen LogP contribution in [0.4, 0.5) is 5.82 Å². The molecule has 0 bridgehead atoms. The van der Waals surface area contributed by atoms with Crippen LogP contribution >= 0.6 is 15.9 Å². The quantitative estimate of drug-likeness (QED) is 0.850. The molecule has 1 saturated heterocycles. The molecule has 2 fully saturated rings. The summed E-state index contributed by atoms with van der Waals surface area (Å²) in [7, 11) is 1.96. The van der Waals surface area contributed by atoms with E-state index in [1.165, 1.54) is 0 Å². The zero-order valence-corrected chi connectivity index (χ0v) is 13.3. The Bertz CT molecular complexity index is 504. The first kappa shape index (κ1) is 13.9. The molecule has 108 valence electrons. The smallest absolute Gasteiger partial charge is 0.225 e. The highest BCUT2D eigenvalue weighted by atomic mass is 79.9. The number of amides is 1. The Hall–Kier alpha value is -1.10. The zero-order chi connectivity index (χ0) is 14.1. The van der Waals surface area contributed by atoms with Crippen LogP contribution in [0.2, 0.25) is 0 Å². The number of aromatic nitrogens is 1. The van der Waals surface area contributed by atoms with Gasteiger partial charge in [0.2, 0.25) is 5.91 Å². The first-order valence-corrected chi connectivity index (χ1v) is 8.08. The van der Waals surface area contributed by atoms with Gasteiger partial charge in [-0.25, -0.2) is 4.98 Å². The Labute approximate surface area is 128 Å². The number of halogens is 1. The van der Waals surface area contributed by atoms with Gasteiger partial charge in [0.25, 0.3) is 0 Å². The van der Waals surface area contributed by atoms with Gasteiger partial charge < -0.3 is 9.80 Å². The van der Waals surface area contributed by atoms with Gasteiger partial charge in [-0.15, -0.1) is 0 Å². The van der Waals surface area contributed by atoms with Crippen LogP contribution in [0.1, 0.15) is 25.7 Å². The van der Waals surface area contributed by atoms with Crippen LogP contribution in [0.15, 0.2) is 22.8 Å². The van der Waals surface area contributed by atoms with E-state index in [-0.39, 0.29) is 0 Å². The van der Waals surface area contributed by atoms with Gasteiger partial charge in [-0.1, -0.05) is 0 Å². The van der Waals surface area contributed by atoms with E-state index in [1.807, 2.05) is 30.3 Å². The lowest BCUT2D eigenvalue weighted by Gasteiger charge is -2.38. The van der Waals surface area contributed by atoms with Crippen molar-refractivity contribution in [3.8, 4) is 0 Å². The summed E-state index contributed by atoms with van der Waals surface area (Å²) in [4.78, 5) is 20.9. The molecule has 1 aromatic heterocycles. The van der Waals surface area contributed by atoms with E-state index in [2.05, 4.69) is 25.8 Å². The highest BCUT2D eigenvalue weighted by Crippen LogP contribution is 2.33. The fourth-order valence-corrected chi connectivity index (χ4v) is 3.38. The molecule has 0 spiro atoms. The van der Waals surface area contributed by atoms with E-state index in [1.54, 1.807) is 0 Å². The topological polar surface area (TPSA) is 36.4 Å². The molecule has 0 aromatic carbocycles. The number of pyridine rings is 1. The van der Waals surface area contributed by atoms with Gasteiger partial charge in [-0.2, -0.15) is 0 Å². The minimum absolute atomic E-state index is 0.303. The predicted molar refractivity (Wildman–Crippen MR) is 82.7 cm³/mol. The molecule has 1 saturated carbocycles. The molecule has 1 amide bonds. The Morgan fingerprint density at radius 1 is 1.45 bits per heavy atom. The lowest BCUT2D eigenvalue weighted by Crippen LogP contribution is -2.49. The third-order valence-corrected chi connectivity index (χ3v) is 4.88. The number of hydrogen-bond acceptors (Lipinski definition) is 3. The average molecular weight is 338 g/mol. The number of nitrogens with zero attached hydrogens (tertiary/aromatic N) is 3. The van der Waals surface area contributed by atoms with Crippen molar-refractivity contribution < 1.29 is 4.79 Å². The molecule has 1 aliphatic heterocycles. The molecule has 1 atom stereocenters. The van der Waals surface area contributed by atoms with Crippen LogP contribution in [0.3, 0.4) is 0 Å². The number of rotatable bonds is 3. The second-order valence-electron chi connectivity index (χ2n) is 5.77. The third-order valence-electron chi connectivity index (χ3n) is 4.26. The first-order chi connectivity index (χ1) is 9.66. The van der Waals surface area contributed by atoms with Crippen molar-refractivity contribution in [2.24, 2.45) is 5.92 Å². The first-order valence-electron chi connectivity index (χ1n) is 7.29. The molecule has 5 heteroatoms. The number of carbonyl (C=O) groups is 1. The van der Waals surface area contributed by atoms with Gasteiger partial charge in [0.05, 0.1) is 4.47 Å². The second-order valence-corrected chi connectivity index (χ2v) is 6.63. The standard InChI is InChI=1S/C15H20BrN3O/c1-18(15(20)11-6-7-11)12-4-3-9-19(10-12)14-13(16)5-2-8-17-14/h2,5,8,11-12H,3-4,6-7,9-10H2,1H3. The highest BCUT2D eigenvalue weighted by Gasteiger charge is 2.36. The van der Waals surface area contributed by atoms with Gasteiger partial charge in [-0.3, -0.25) is 4.79 Å². The van der Waals surface area contributed by atoms with Gasteiger partial charge in [-0.05, 0) is 53.7 Å². The van der Waals surface area contributed by atoms with Crippen molar-refractivity contribution in [2.75, 3.05) is 25.0 Å². The Balaban J connectivity index is 1.70. The minimum Gasteiger partial charge on any atom is -0.354 e. The third kappa shape index (κ3) is 2.82.